The summed E-state index contributed by atoms with van der Waals surface area (Å²) in [6.45, 7) is 8.37. The number of benzene rings is 1. The number of fused-ring (bicyclic) bond motifs is 1. The quantitative estimate of drug-likeness (QED) is 0.300. The van der Waals surface area contributed by atoms with E-state index in [0.717, 1.165) is 18.3 Å². The van der Waals surface area contributed by atoms with Crippen molar-refractivity contribution in [2.24, 2.45) is 0 Å². The number of ether oxygens (including phenoxy) is 1. The summed E-state index contributed by atoms with van der Waals surface area (Å²) in [5.41, 5.74) is 2.03. The second-order valence-electron chi connectivity index (χ2n) is 10.2. The molecule has 0 unspecified atom stereocenters. The normalized spacial score (nSPS) is 16.1. The van der Waals surface area contributed by atoms with Gasteiger partial charge in [0.05, 0.1) is 24.4 Å². The Labute approximate surface area is 230 Å². The van der Waals surface area contributed by atoms with Gasteiger partial charge in [0.2, 0.25) is 5.95 Å². The molecule has 1 atom stereocenters. The predicted octanol–water partition coefficient (Wildman–Crippen LogP) is 4.87. The summed E-state index contributed by atoms with van der Waals surface area (Å²) in [6.07, 6.45) is 3.24. The van der Waals surface area contributed by atoms with Crippen LogP contribution in [-0.4, -0.2) is 66.3 Å². The first-order valence-electron chi connectivity index (χ1n) is 13.2. The highest BCUT2D eigenvalue weighted by Crippen LogP contribution is 2.30. The smallest absolute Gasteiger partial charge is 0.303 e. The van der Waals surface area contributed by atoms with Crippen LogP contribution in [0.2, 0.25) is 0 Å². The van der Waals surface area contributed by atoms with Crippen molar-refractivity contribution in [3.8, 4) is 11.3 Å². The van der Waals surface area contributed by atoms with Gasteiger partial charge < -0.3 is 19.7 Å². The van der Waals surface area contributed by atoms with Crippen LogP contribution in [0.1, 0.15) is 44.1 Å². The Balaban J connectivity index is 1.30. The summed E-state index contributed by atoms with van der Waals surface area (Å²) in [5.74, 6) is -0.779. The van der Waals surface area contributed by atoms with Crippen LogP contribution in [0.15, 0.2) is 36.7 Å². The summed E-state index contributed by atoms with van der Waals surface area (Å²) >= 11 is 0. The molecule has 210 valence electrons. The minimum absolute atomic E-state index is 0.0335. The fraction of sp³-hybridized carbons (Fsp3) is 0.393. The molecule has 1 saturated heterocycles. The van der Waals surface area contributed by atoms with Gasteiger partial charge in [-0.3, -0.25) is 9.69 Å². The van der Waals surface area contributed by atoms with E-state index in [-0.39, 0.29) is 41.3 Å². The van der Waals surface area contributed by atoms with E-state index >= 15 is 0 Å². The van der Waals surface area contributed by atoms with Crippen molar-refractivity contribution in [2.75, 3.05) is 25.0 Å². The predicted molar refractivity (Wildman–Crippen MR) is 145 cm³/mol. The molecule has 0 radical (unpaired) electrons. The largest absolute Gasteiger partial charge is 0.481 e. The standard InChI is InChI=1S/C28H31F2N7O3/c1-16(2)37-17(3)33-27-21(29)10-19(11-23(27)37)26-22(30)13-32-28(35-26)34-24-6-4-18(12-31-24)14-36-8-9-40-20(15-36)5-7-25(38)39/h4,6,10-13,16,20H,5,7-9,14-15H2,1-3H3,(H,38,39)(H,31,32,34,35)/t20-/m1/s1. The third kappa shape index (κ3) is 6.07. The molecule has 1 fully saturated rings. The number of imidazole rings is 1. The molecule has 12 heteroatoms. The summed E-state index contributed by atoms with van der Waals surface area (Å²) < 4.78 is 37.4. The van der Waals surface area contributed by atoms with Crippen LogP contribution in [0.25, 0.3) is 22.3 Å². The van der Waals surface area contributed by atoms with E-state index in [2.05, 4.69) is 30.2 Å². The zero-order valence-electron chi connectivity index (χ0n) is 22.6. The van der Waals surface area contributed by atoms with Crippen molar-refractivity contribution in [1.29, 1.82) is 0 Å². The number of hydrogen-bond acceptors (Lipinski definition) is 8. The Bertz CT molecular complexity index is 1520. The number of nitrogens with zero attached hydrogens (tertiary/aromatic N) is 6. The van der Waals surface area contributed by atoms with Gasteiger partial charge in [-0.2, -0.15) is 0 Å². The second kappa shape index (κ2) is 11.6. The van der Waals surface area contributed by atoms with Gasteiger partial charge in [-0.1, -0.05) is 6.07 Å². The average molecular weight is 552 g/mol. The third-order valence-electron chi connectivity index (χ3n) is 6.83. The lowest BCUT2D eigenvalue weighted by atomic mass is 10.1. The first kappa shape index (κ1) is 27.5. The molecular weight excluding hydrogens is 520 g/mol. The monoisotopic (exact) mass is 551 g/mol. The first-order valence-corrected chi connectivity index (χ1v) is 13.2. The number of aryl methyl sites for hydroxylation is 1. The Morgan fingerprint density at radius 3 is 2.73 bits per heavy atom. The summed E-state index contributed by atoms with van der Waals surface area (Å²) in [4.78, 5) is 30.2. The highest BCUT2D eigenvalue weighted by atomic mass is 19.1. The van der Waals surface area contributed by atoms with Crippen molar-refractivity contribution in [3.63, 3.8) is 0 Å². The van der Waals surface area contributed by atoms with Gasteiger partial charge in [-0.15, -0.1) is 0 Å². The topological polar surface area (TPSA) is 118 Å². The van der Waals surface area contributed by atoms with Gasteiger partial charge in [-0.25, -0.2) is 28.7 Å². The molecule has 40 heavy (non-hydrogen) atoms. The van der Waals surface area contributed by atoms with Gasteiger partial charge in [0, 0.05) is 43.9 Å². The highest BCUT2D eigenvalue weighted by Gasteiger charge is 2.22. The maximum absolute atomic E-state index is 15.0. The maximum atomic E-state index is 15.0. The van der Waals surface area contributed by atoms with E-state index in [9.17, 15) is 13.6 Å². The molecule has 5 rings (SSSR count). The number of anilines is 2. The van der Waals surface area contributed by atoms with Gasteiger partial charge in [0.1, 0.15) is 22.9 Å². The first-order chi connectivity index (χ1) is 19.2. The molecule has 1 aliphatic heterocycles. The Kier molecular flexibility index (Phi) is 7.99. The summed E-state index contributed by atoms with van der Waals surface area (Å²) in [6, 6.07) is 6.67. The lowest BCUT2D eigenvalue weighted by molar-refractivity contribution is -0.138. The van der Waals surface area contributed by atoms with Crippen LogP contribution in [0.3, 0.4) is 0 Å². The van der Waals surface area contributed by atoms with E-state index in [4.69, 9.17) is 9.84 Å². The number of carboxylic acids is 1. The SMILES string of the molecule is Cc1nc2c(F)cc(-c3nc(Nc4ccc(CN5CCO[C@H](CCC(=O)O)C5)cn4)ncc3F)cc2n1C(C)C. The fourth-order valence-corrected chi connectivity index (χ4v) is 5.04. The van der Waals surface area contributed by atoms with Crippen molar-refractivity contribution in [1.82, 2.24) is 29.4 Å². The number of hydrogen-bond donors (Lipinski definition) is 2. The highest BCUT2D eigenvalue weighted by molar-refractivity contribution is 5.83. The molecule has 2 N–H and O–H groups in total. The number of carbonyl (C=O) groups is 1. The van der Waals surface area contributed by atoms with E-state index in [0.29, 0.717) is 43.3 Å². The van der Waals surface area contributed by atoms with Gasteiger partial charge >= 0.3 is 5.97 Å². The van der Waals surface area contributed by atoms with E-state index in [1.54, 1.807) is 18.3 Å². The van der Waals surface area contributed by atoms with E-state index < -0.39 is 17.6 Å². The molecule has 4 aromatic rings. The summed E-state index contributed by atoms with van der Waals surface area (Å²) in [7, 11) is 0. The molecule has 1 aromatic carbocycles. The van der Waals surface area contributed by atoms with Crippen LogP contribution >= 0.6 is 0 Å². The fourth-order valence-electron chi connectivity index (χ4n) is 5.04. The average Bonchev–Trinajstić information content (AvgIpc) is 3.26. The molecule has 0 saturated carbocycles. The van der Waals surface area contributed by atoms with Crippen LogP contribution in [0.4, 0.5) is 20.5 Å². The number of aromatic nitrogens is 5. The van der Waals surface area contributed by atoms with Crippen LogP contribution in [-0.2, 0) is 16.1 Å². The minimum Gasteiger partial charge on any atom is -0.481 e. The van der Waals surface area contributed by atoms with Gasteiger partial charge in [0.15, 0.2) is 11.6 Å². The van der Waals surface area contributed by atoms with Crippen LogP contribution < -0.4 is 5.32 Å². The van der Waals surface area contributed by atoms with Crippen LogP contribution in [0.5, 0.6) is 0 Å². The molecule has 3 aromatic heterocycles. The zero-order valence-corrected chi connectivity index (χ0v) is 22.6. The molecule has 1 aliphatic rings. The second-order valence-corrected chi connectivity index (χ2v) is 10.2. The molecule has 10 nitrogen and oxygen atoms in total. The zero-order chi connectivity index (χ0) is 28.4. The minimum atomic E-state index is -0.827. The molecule has 0 bridgehead atoms. The molecule has 0 spiro atoms. The maximum Gasteiger partial charge on any atom is 0.303 e. The number of rotatable bonds is 9. The van der Waals surface area contributed by atoms with E-state index in [1.807, 2.05) is 31.4 Å². The number of carboxylic acid groups (broad SMARTS) is 1. The van der Waals surface area contributed by atoms with Gasteiger partial charge in [0.25, 0.3) is 0 Å². The molecule has 0 amide bonds. The lowest BCUT2D eigenvalue weighted by Gasteiger charge is -2.32. The van der Waals surface area contributed by atoms with Crippen molar-refractivity contribution < 1.29 is 23.4 Å². The van der Waals surface area contributed by atoms with Crippen molar-refractivity contribution in [3.05, 3.63) is 59.7 Å². The third-order valence-corrected chi connectivity index (χ3v) is 6.83. The van der Waals surface area contributed by atoms with Crippen LogP contribution in [0, 0.1) is 18.6 Å². The van der Waals surface area contributed by atoms with Crippen molar-refractivity contribution >= 4 is 28.8 Å². The lowest BCUT2D eigenvalue weighted by Crippen LogP contribution is -2.42. The van der Waals surface area contributed by atoms with E-state index in [1.165, 1.54) is 6.07 Å². The number of halogens is 2. The number of pyridine rings is 1. The molecule has 4 heterocycles. The number of morpholine rings is 1. The molecule has 0 aliphatic carbocycles. The van der Waals surface area contributed by atoms with Crippen molar-refractivity contribution in [2.45, 2.75) is 52.3 Å². The Morgan fingerprint density at radius 2 is 2.00 bits per heavy atom. The Morgan fingerprint density at radius 1 is 1.18 bits per heavy atom. The number of aliphatic carboxylic acids is 1. The summed E-state index contributed by atoms with van der Waals surface area (Å²) in [5, 5.41) is 11.9. The Hall–Kier alpha value is -4.03. The van der Waals surface area contributed by atoms with Gasteiger partial charge in [-0.05, 0) is 51.0 Å². The molecular formula is C28H31F2N7O3. The number of nitrogens with one attached hydrogen (secondary N) is 1.